The van der Waals surface area contributed by atoms with E-state index in [2.05, 4.69) is 0 Å². The Labute approximate surface area is 164 Å². The van der Waals surface area contributed by atoms with Gasteiger partial charge >= 0.3 is 11.6 Å². The van der Waals surface area contributed by atoms with Crippen molar-refractivity contribution in [2.24, 2.45) is 0 Å². The van der Waals surface area contributed by atoms with Crippen molar-refractivity contribution in [3.8, 4) is 5.75 Å². The second kappa shape index (κ2) is 7.27. The van der Waals surface area contributed by atoms with Crippen LogP contribution in [0.1, 0.15) is 21.7 Å². The normalized spacial score (nSPS) is 11.0. The van der Waals surface area contributed by atoms with E-state index in [1.807, 2.05) is 6.92 Å². The number of rotatable bonds is 4. The SMILES string of the molecule is COc1ccc2c(COC(=O)c3cc(=O)c4cc(C)ccc4o3)cc(=O)oc2c1. The van der Waals surface area contributed by atoms with Crippen LogP contribution in [0, 0.1) is 6.92 Å². The zero-order valence-electron chi connectivity index (χ0n) is 15.7. The Morgan fingerprint density at radius 2 is 1.76 bits per heavy atom. The first kappa shape index (κ1) is 18.5. The maximum absolute atomic E-state index is 12.4. The van der Waals surface area contributed by atoms with Crippen molar-refractivity contribution < 1.29 is 23.1 Å². The largest absolute Gasteiger partial charge is 0.497 e. The van der Waals surface area contributed by atoms with Crippen LogP contribution in [0.25, 0.3) is 21.9 Å². The lowest BCUT2D eigenvalue weighted by molar-refractivity contribution is 0.0438. The quantitative estimate of drug-likeness (QED) is 0.387. The molecule has 0 aliphatic carbocycles. The van der Waals surface area contributed by atoms with Crippen LogP contribution in [0.4, 0.5) is 0 Å². The van der Waals surface area contributed by atoms with Crippen molar-refractivity contribution in [2.75, 3.05) is 7.11 Å². The third kappa shape index (κ3) is 3.62. The molecule has 0 unspecified atom stereocenters. The van der Waals surface area contributed by atoms with E-state index in [1.54, 1.807) is 36.4 Å². The highest BCUT2D eigenvalue weighted by Gasteiger charge is 2.16. The number of benzene rings is 2. The summed E-state index contributed by atoms with van der Waals surface area (Å²) in [5, 5.41) is 0.996. The molecule has 0 radical (unpaired) electrons. The van der Waals surface area contributed by atoms with Crippen molar-refractivity contribution in [1.29, 1.82) is 0 Å². The number of carbonyl (C=O) groups excluding carboxylic acids is 1. The minimum atomic E-state index is -0.806. The summed E-state index contributed by atoms with van der Waals surface area (Å²) in [6, 6.07) is 12.5. The number of methoxy groups -OCH3 is 1. The van der Waals surface area contributed by atoms with Crippen LogP contribution < -0.4 is 15.8 Å². The first-order valence-electron chi connectivity index (χ1n) is 8.77. The fraction of sp³-hybridized carbons (Fsp3) is 0.136. The predicted molar refractivity (Wildman–Crippen MR) is 105 cm³/mol. The molecule has 7 nitrogen and oxygen atoms in total. The monoisotopic (exact) mass is 392 g/mol. The minimum absolute atomic E-state index is 0.192. The molecule has 0 N–H and O–H groups in total. The summed E-state index contributed by atoms with van der Waals surface area (Å²) in [6.45, 7) is 1.67. The van der Waals surface area contributed by atoms with Crippen LogP contribution in [0.2, 0.25) is 0 Å². The lowest BCUT2D eigenvalue weighted by Gasteiger charge is -2.08. The molecule has 2 aromatic carbocycles. The predicted octanol–water partition coefficient (Wildman–Crippen LogP) is 3.57. The van der Waals surface area contributed by atoms with Gasteiger partial charge in [0, 0.05) is 29.1 Å². The van der Waals surface area contributed by atoms with E-state index in [-0.39, 0.29) is 17.8 Å². The molecule has 0 fully saturated rings. The Balaban J connectivity index is 1.63. The second-order valence-corrected chi connectivity index (χ2v) is 6.50. The lowest BCUT2D eigenvalue weighted by Crippen LogP contribution is -2.11. The molecule has 0 saturated heterocycles. The molecule has 0 saturated carbocycles. The highest BCUT2D eigenvalue weighted by molar-refractivity contribution is 5.89. The molecular formula is C22H16O7. The molecule has 0 atom stereocenters. The number of ether oxygens (including phenoxy) is 2. The topological polar surface area (TPSA) is 96.0 Å². The number of esters is 1. The zero-order chi connectivity index (χ0) is 20.5. The molecule has 2 heterocycles. The lowest BCUT2D eigenvalue weighted by atomic mass is 10.1. The Hall–Kier alpha value is -3.87. The van der Waals surface area contributed by atoms with E-state index in [9.17, 15) is 14.4 Å². The smallest absolute Gasteiger partial charge is 0.374 e. The van der Waals surface area contributed by atoms with Gasteiger partial charge in [0.05, 0.1) is 12.5 Å². The summed E-state index contributed by atoms with van der Waals surface area (Å²) in [7, 11) is 1.50. The summed E-state index contributed by atoms with van der Waals surface area (Å²) < 4.78 is 21.1. The Kier molecular flexibility index (Phi) is 4.64. The van der Waals surface area contributed by atoms with Gasteiger partial charge in [0.1, 0.15) is 23.5 Å². The molecule has 29 heavy (non-hydrogen) atoms. The number of carbonyl (C=O) groups is 1. The third-order valence-electron chi connectivity index (χ3n) is 4.48. The summed E-state index contributed by atoms with van der Waals surface area (Å²) in [6.07, 6.45) is 0. The first-order valence-corrected chi connectivity index (χ1v) is 8.77. The number of fused-ring (bicyclic) bond motifs is 2. The van der Waals surface area contributed by atoms with Gasteiger partial charge in [0.15, 0.2) is 5.43 Å². The van der Waals surface area contributed by atoms with Crippen LogP contribution in [-0.2, 0) is 11.3 Å². The molecular weight excluding hydrogens is 376 g/mol. The Morgan fingerprint density at radius 1 is 0.931 bits per heavy atom. The van der Waals surface area contributed by atoms with Gasteiger partial charge in [-0.1, -0.05) is 11.6 Å². The average Bonchev–Trinajstić information content (AvgIpc) is 2.71. The first-order chi connectivity index (χ1) is 13.9. The van der Waals surface area contributed by atoms with Gasteiger partial charge in [-0.15, -0.1) is 0 Å². The van der Waals surface area contributed by atoms with Crippen molar-refractivity contribution >= 4 is 27.9 Å². The van der Waals surface area contributed by atoms with Gasteiger partial charge in [-0.3, -0.25) is 4.79 Å². The van der Waals surface area contributed by atoms with Crippen molar-refractivity contribution in [3.05, 3.63) is 86.1 Å². The van der Waals surface area contributed by atoms with Crippen LogP contribution in [-0.4, -0.2) is 13.1 Å². The van der Waals surface area contributed by atoms with E-state index in [4.69, 9.17) is 18.3 Å². The van der Waals surface area contributed by atoms with Crippen LogP contribution in [0.15, 0.2) is 67.0 Å². The molecule has 7 heteroatoms. The van der Waals surface area contributed by atoms with Gasteiger partial charge in [0.2, 0.25) is 5.76 Å². The summed E-state index contributed by atoms with van der Waals surface area (Å²) in [5.74, 6) is -0.484. The zero-order valence-corrected chi connectivity index (χ0v) is 15.7. The third-order valence-corrected chi connectivity index (χ3v) is 4.48. The van der Waals surface area contributed by atoms with Crippen molar-refractivity contribution in [3.63, 3.8) is 0 Å². The molecule has 2 aromatic heterocycles. The Morgan fingerprint density at radius 3 is 2.55 bits per heavy atom. The van der Waals surface area contributed by atoms with Gasteiger partial charge in [0.25, 0.3) is 0 Å². The highest BCUT2D eigenvalue weighted by Crippen LogP contribution is 2.23. The standard InChI is InChI=1S/C22H16O7/c1-12-3-6-18-16(7-12)17(23)10-20(28-18)22(25)27-11-13-8-21(24)29-19-9-14(26-2)4-5-15(13)19/h3-10H,11H2,1-2H3. The number of aryl methyl sites for hydroxylation is 1. The minimum Gasteiger partial charge on any atom is -0.497 e. The second-order valence-electron chi connectivity index (χ2n) is 6.50. The maximum atomic E-state index is 12.4. The summed E-state index contributed by atoms with van der Waals surface area (Å²) in [5.41, 5.74) is 1.07. The summed E-state index contributed by atoms with van der Waals surface area (Å²) in [4.78, 5) is 36.5. The van der Waals surface area contributed by atoms with E-state index < -0.39 is 11.6 Å². The number of hydrogen-bond acceptors (Lipinski definition) is 7. The van der Waals surface area contributed by atoms with Crippen molar-refractivity contribution in [2.45, 2.75) is 13.5 Å². The maximum Gasteiger partial charge on any atom is 0.374 e. The molecule has 0 aliphatic heterocycles. The molecule has 0 amide bonds. The highest BCUT2D eigenvalue weighted by atomic mass is 16.5. The Bertz CT molecular complexity index is 1360. The average molecular weight is 392 g/mol. The summed E-state index contributed by atoms with van der Waals surface area (Å²) >= 11 is 0. The fourth-order valence-corrected chi connectivity index (χ4v) is 3.04. The van der Waals surface area contributed by atoms with E-state index in [1.165, 1.54) is 13.2 Å². The molecule has 4 aromatic rings. The van der Waals surface area contributed by atoms with E-state index in [0.29, 0.717) is 33.3 Å². The van der Waals surface area contributed by atoms with Crippen LogP contribution in [0.5, 0.6) is 5.75 Å². The van der Waals surface area contributed by atoms with Gasteiger partial charge in [-0.25, -0.2) is 9.59 Å². The molecule has 0 aliphatic rings. The van der Waals surface area contributed by atoms with Gasteiger partial charge in [-0.2, -0.15) is 0 Å². The van der Waals surface area contributed by atoms with E-state index in [0.717, 1.165) is 11.6 Å². The van der Waals surface area contributed by atoms with Crippen LogP contribution in [0.3, 0.4) is 0 Å². The fourth-order valence-electron chi connectivity index (χ4n) is 3.04. The molecule has 0 spiro atoms. The van der Waals surface area contributed by atoms with Crippen molar-refractivity contribution in [1.82, 2.24) is 0 Å². The van der Waals surface area contributed by atoms with Gasteiger partial charge in [-0.05, 0) is 31.2 Å². The molecule has 0 bridgehead atoms. The molecule has 4 rings (SSSR count). The van der Waals surface area contributed by atoms with Gasteiger partial charge < -0.3 is 18.3 Å². The number of hydrogen-bond donors (Lipinski definition) is 0. The van der Waals surface area contributed by atoms with Crippen LogP contribution >= 0.6 is 0 Å². The van der Waals surface area contributed by atoms with E-state index >= 15 is 0 Å². The molecule has 146 valence electrons.